The summed E-state index contributed by atoms with van der Waals surface area (Å²) >= 11 is 0. The minimum Gasteiger partial charge on any atom is -0.469 e. The van der Waals surface area contributed by atoms with Crippen LogP contribution in [0.4, 0.5) is 0 Å². The predicted molar refractivity (Wildman–Crippen MR) is 59.9 cm³/mol. The van der Waals surface area contributed by atoms with Crippen LogP contribution < -0.4 is 5.14 Å². The lowest BCUT2D eigenvalue weighted by Crippen LogP contribution is -2.12. The number of ether oxygens (including phenoxy) is 1. The van der Waals surface area contributed by atoms with E-state index < -0.39 is 9.71 Å². The van der Waals surface area contributed by atoms with Gasteiger partial charge in [-0.1, -0.05) is 12.1 Å². The third kappa shape index (κ3) is 3.38. The van der Waals surface area contributed by atoms with Crippen molar-refractivity contribution in [3.05, 3.63) is 29.8 Å². The van der Waals surface area contributed by atoms with Gasteiger partial charge in [0.05, 0.1) is 23.2 Å². The van der Waals surface area contributed by atoms with Gasteiger partial charge in [-0.3, -0.25) is 9.93 Å². The van der Waals surface area contributed by atoms with Crippen molar-refractivity contribution >= 4 is 21.5 Å². The van der Waals surface area contributed by atoms with Crippen molar-refractivity contribution in [1.82, 2.24) is 0 Å². The second-order valence-corrected chi connectivity index (χ2v) is 5.05. The Balaban J connectivity index is 2.99. The van der Waals surface area contributed by atoms with Crippen molar-refractivity contribution in [1.29, 1.82) is 0 Å². The fourth-order valence-electron chi connectivity index (χ4n) is 1.11. The summed E-state index contributed by atoms with van der Waals surface area (Å²) in [7, 11) is -1.40. The lowest BCUT2D eigenvalue weighted by Gasteiger charge is -2.05. The molecular weight excluding hydrogens is 214 g/mol. The summed E-state index contributed by atoms with van der Waals surface area (Å²) in [5.41, 5.74) is 0.709. The summed E-state index contributed by atoms with van der Waals surface area (Å²) in [6.45, 7) is 0. The number of rotatable bonds is 3. The zero-order chi connectivity index (χ0) is 11.5. The van der Waals surface area contributed by atoms with Gasteiger partial charge in [0.15, 0.2) is 0 Å². The Morgan fingerprint density at radius 1 is 1.60 bits per heavy atom. The average Bonchev–Trinajstić information content (AvgIpc) is 2.17. The van der Waals surface area contributed by atoms with Gasteiger partial charge in [0.2, 0.25) is 0 Å². The minimum atomic E-state index is -2.72. The maximum atomic E-state index is 11.4. The van der Waals surface area contributed by atoms with E-state index in [2.05, 4.69) is 10.6 Å². The number of hydrogen-bond donors (Lipinski definition) is 1. The molecule has 1 unspecified atom stereocenters. The molecule has 0 spiro atoms. The SMILES string of the molecule is C=S(N)(=O)c1cccc(CC(=O)OC)c1. The van der Waals surface area contributed by atoms with Crippen LogP contribution in [0.25, 0.3) is 0 Å². The molecule has 1 rings (SSSR count). The summed E-state index contributed by atoms with van der Waals surface area (Å²) in [5.74, 6) is 3.02. The summed E-state index contributed by atoms with van der Waals surface area (Å²) in [5, 5.41) is 5.39. The molecule has 4 nitrogen and oxygen atoms in total. The van der Waals surface area contributed by atoms with E-state index in [0.29, 0.717) is 10.5 Å². The van der Waals surface area contributed by atoms with Gasteiger partial charge in [-0.05, 0) is 23.6 Å². The summed E-state index contributed by atoms with van der Waals surface area (Å²) in [6, 6.07) is 6.65. The van der Waals surface area contributed by atoms with E-state index in [1.54, 1.807) is 24.3 Å². The molecule has 0 radical (unpaired) electrons. The lowest BCUT2D eigenvalue weighted by atomic mass is 10.1. The molecule has 0 aliphatic heterocycles. The van der Waals surface area contributed by atoms with Gasteiger partial charge in [0, 0.05) is 4.90 Å². The number of hydrogen-bond acceptors (Lipinski definition) is 3. The number of benzene rings is 1. The van der Waals surface area contributed by atoms with E-state index in [9.17, 15) is 9.00 Å². The van der Waals surface area contributed by atoms with Gasteiger partial charge >= 0.3 is 5.97 Å². The van der Waals surface area contributed by atoms with Crippen LogP contribution in [0.5, 0.6) is 0 Å². The number of nitrogens with two attached hydrogens (primary N) is 1. The van der Waals surface area contributed by atoms with Crippen LogP contribution in [-0.2, 0) is 25.7 Å². The van der Waals surface area contributed by atoms with E-state index >= 15 is 0 Å². The molecule has 2 N–H and O–H groups in total. The first-order valence-electron chi connectivity index (χ1n) is 4.24. The van der Waals surface area contributed by atoms with Crippen molar-refractivity contribution in [3.8, 4) is 0 Å². The maximum Gasteiger partial charge on any atom is 0.309 e. The molecule has 1 aromatic rings. The van der Waals surface area contributed by atoms with Crippen LogP contribution in [0, 0.1) is 0 Å². The predicted octanol–water partition coefficient (Wildman–Crippen LogP) is 0.351. The Kier molecular flexibility index (Phi) is 3.49. The highest BCUT2D eigenvalue weighted by Gasteiger charge is 2.06. The Morgan fingerprint density at radius 3 is 2.80 bits per heavy atom. The maximum absolute atomic E-state index is 11.4. The van der Waals surface area contributed by atoms with E-state index in [1.807, 2.05) is 0 Å². The molecule has 0 aliphatic rings. The Hall–Kier alpha value is -1.33. The average molecular weight is 227 g/mol. The third-order valence-corrected chi connectivity index (χ3v) is 2.93. The highest BCUT2D eigenvalue weighted by atomic mass is 32.2. The highest BCUT2D eigenvalue weighted by Crippen LogP contribution is 2.10. The third-order valence-electron chi connectivity index (χ3n) is 1.87. The lowest BCUT2D eigenvalue weighted by molar-refractivity contribution is -0.139. The van der Waals surface area contributed by atoms with Crippen molar-refractivity contribution in [3.63, 3.8) is 0 Å². The standard InChI is InChI=1S/C10H13NO3S/c1-14-10(12)7-8-4-3-5-9(6-8)15(2,11)13/h3-6H,2,7H2,1H3,(H2,11,13). The molecule has 0 fully saturated rings. The van der Waals surface area contributed by atoms with Crippen molar-refractivity contribution < 1.29 is 13.7 Å². The number of carbonyl (C=O) groups excluding carboxylic acids is 1. The molecule has 0 bridgehead atoms. The molecule has 5 heteroatoms. The smallest absolute Gasteiger partial charge is 0.309 e. The monoisotopic (exact) mass is 227 g/mol. The molecule has 1 aromatic carbocycles. The molecule has 15 heavy (non-hydrogen) atoms. The normalized spacial score (nSPS) is 14.3. The van der Waals surface area contributed by atoms with Crippen LogP contribution in [0.15, 0.2) is 29.2 Å². The molecule has 0 aliphatic carbocycles. The molecule has 0 aromatic heterocycles. The van der Waals surface area contributed by atoms with Crippen molar-refractivity contribution in [2.45, 2.75) is 11.3 Å². The first kappa shape index (κ1) is 11.7. The largest absolute Gasteiger partial charge is 0.469 e. The van der Waals surface area contributed by atoms with Crippen LogP contribution in [0.1, 0.15) is 5.56 Å². The molecule has 1 atom stereocenters. The first-order valence-corrected chi connectivity index (χ1v) is 6.03. The van der Waals surface area contributed by atoms with E-state index in [0.717, 1.165) is 0 Å². The topological polar surface area (TPSA) is 69.4 Å². The van der Waals surface area contributed by atoms with Gasteiger partial charge in [0.1, 0.15) is 0 Å². The van der Waals surface area contributed by atoms with E-state index in [4.69, 9.17) is 5.14 Å². The number of methoxy groups -OCH3 is 1. The molecule has 0 saturated heterocycles. The second kappa shape index (κ2) is 4.46. The van der Waals surface area contributed by atoms with E-state index in [1.165, 1.54) is 7.11 Å². The fraction of sp³-hybridized carbons (Fsp3) is 0.200. The summed E-state index contributed by atoms with van der Waals surface area (Å²) < 4.78 is 16.0. The minimum absolute atomic E-state index is 0.139. The summed E-state index contributed by atoms with van der Waals surface area (Å²) in [6.07, 6.45) is 0.139. The van der Waals surface area contributed by atoms with Crippen LogP contribution in [-0.4, -0.2) is 23.2 Å². The Labute approximate surface area is 89.2 Å². The molecule has 82 valence electrons. The van der Waals surface area contributed by atoms with Crippen molar-refractivity contribution in [2.24, 2.45) is 5.14 Å². The molecule has 0 saturated carbocycles. The molecule has 0 heterocycles. The van der Waals surface area contributed by atoms with Gasteiger partial charge in [-0.25, -0.2) is 4.21 Å². The van der Waals surface area contributed by atoms with Gasteiger partial charge < -0.3 is 4.74 Å². The highest BCUT2D eigenvalue weighted by molar-refractivity contribution is 7.98. The zero-order valence-electron chi connectivity index (χ0n) is 8.43. The number of esters is 1. The van der Waals surface area contributed by atoms with E-state index in [-0.39, 0.29) is 12.4 Å². The van der Waals surface area contributed by atoms with Gasteiger partial charge in [-0.2, -0.15) is 0 Å². The van der Waals surface area contributed by atoms with Gasteiger partial charge in [-0.15, -0.1) is 0 Å². The quantitative estimate of drug-likeness (QED) is 0.598. The van der Waals surface area contributed by atoms with Crippen LogP contribution in [0.2, 0.25) is 0 Å². The van der Waals surface area contributed by atoms with Crippen molar-refractivity contribution in [2.75, 3.05) is 7.11 Å². The van der Waals surface area contributed by atoms with Crippen LogP contribution >= 0.6 is 0 Å². The zero-order valence-corrected chi connectivity index (χ0v) is 9.25. The second-order valence-electron chi connectivity index (χ2n) is 3.13. The molecule has 0 amide bonds. The van der Waals surface area contributed by atoms with Crippen LogP contribution in [0.3, 0.4) is 0 Å². The molecular formula is C10H13NO3S. The Bertz CT molecular complexity index is 465. The Morgan fingerprint density at radius 2 is 2.27 bits per heavy atom. The first-order chi connectivity index (χ1) is 6.93. The summed E-state index contributed by atoms with van der Waals surface area (Å²) in [4.78, 5) is 11.4. The number of carbonyl (C=O) groups is 1. The fourth-order valence-corrected chi connectivity index (χ4v) is 1.77. The van der Waals surface area contributed by atoms with Gasteiger partial charge in [0.25, 0.3) is 0 Å².